The molecule has 0 aromatic carbocycles. The Morgan fingerprint density at radius 2 is 1.54 bits per heavy atom. The summed E-state index contributed by atoms with van der Waals surface area (Å²) in [7, 11) is 0. The van der Waals surface area contributed by atoms with Gasteiger partial charge in [0.25, 0.3) is 0 Å². The number of hydrogen-bond acceptors (Lipinski definition) is 3. The number of nitrogens with one attached hydrogen (secondary N) is 1. The Kier molecular flexibility index (Phi) is 8.47. The van der Waals surface area contributed by atoms with Gasteiger partial charge in [-0.3, -0.25) is 9.59 Å². The van der Waals surface area contributed by atoms with Gasteiger partial charge in [0, 0.05) is 32.7 Å². The van der Waals surface area contributed by atoms with Gasteiger partial charge in [-0.05, 0) is 13.8 Å². The van der Waals surface area contributed by atoms with Crippen molar-refractivity contribution in [3.05, 3.63) is 6.42 Å². The zero-order valence-corrected chi connectivity index (χ0v) is 10.8. The molecule has 0 saturated carbocycles. The topological polar surface area (TPSA) is 63.2 Å². The van der Waals surface area contributed by atoms with E-state index in [1.165, 1.54) is 27.2 Å². The number of rotatable bonds is 4. The predicted molar refractivity (Wildman–Crippen MR) is 43.3 cm³/mol. The van der Waals surface area contributed by atoms with Gasteiger partial charge >= 0.3 is 0 Å². The largest absolute Gasteiger partial charge is 0.365 e. The molecule has 0 saturated heterocycles. The van der Waals surface area contributed by atoms with Gasteiger partial charge in [-0.1, -0.05) is 0 Å². The fraction of sp³-hybridized carbons (Fsp3) is 0.500. The van der Waals surface area contributed by atoms with E-state index in [0.29, 0.717) is 0 Å². The Morgan fingerprint density at radius 3 is 1.77 bits per heavy atom. The summed E-state index contributed by atoms with van der Waals surface area (Å²) in [5.41, 5.74) is 0. The molecule has 0 aromatic heterocycles. The second-order valence-electron chi connectivity index (χ2n) is 2.45. The van der Waals surface area contributed by atoms with Crippen molar-refractivity contribution in [1.82, 2.24) is 5.32 Å². The third-order valence-electron chi connectivity index (χ3n) is 1.36. The molecule has 0 fully saturated rings. The van der Waals surface area contributed by atoms with Crippen LogP contribution in [0.2, 0.25) is 0 Å². The number of ketones is 2. The molecular weight excluding hydrogens is 247 g/mol. The Balaban J connectivity index is 0. The Bertz CT molecular complexity index is 201. The van der Waals surface area contributed by atoms with Crippen LogP contribution in [0.3, 0.4) is 0 Å². The van der Waals surface area contributed by atoms with Crippen molar-refractivity contribution in [2.45, 2.75) is 26.8 Å². The van der Waals surface area contributed by atoms with Crippen LogP contribution in [-0.4, -0.2) is 23.5 Å². The fourth-order valence-electron chi connectivity index (χ4n) is 0.715. The smallest absolute Gasteiger partial charge is 0.159 e. The first-order valence-corrected chi connectivity index (χ1v) is 3.59. The van der Waals surface area contributed by atoms with Crippen molar-refractivity contribution < 1.29 is 47.1 Å². The number of amides is 1. The van der Waals surface area contributed by atoms with Gasteiger partial charge in [0.05, 0.1) is 5.91 Å². The SMILES string of the molecule is C[CH-]C(=O)NC(C(C)=O)C(C)=O.[Y]. The summed E-state index contributed by atoms with van der Waals surface area (Å²) in [4.78, 5) is 32.3. The second kappa shape index (κ2) is 7.21. The Hall–Kier alpha value is -0.216. The minimum atomic E-state index is -0.992. The molecule has 0 aliphatic rings. The molecule has 0 spiro atoms. The van der Waals surface area contributed by atoms with Crippen molar-refractivity contribution >= 4 is 17.5 Å². The Labute approximate surface area is 103 Å². The van der Waals surface area contributed by atoms with E-state index in [2.05, 4.69) is 5.32 Å². The van der Waals surface area contributed by atoms with E-state index < -0.39 is 11.9 Å². The minimum absolute atomic E-state index is 0. The van der Waals surface area contributed by atoms with Crippen LogP contribution < -0.4 is 5.32 Å². The van der Waals surface area contributed by atoms with E-state index in [9.17, 15) is 14.4 Å². The molecule has 0 atom stereocenters. The van der Waals surface area contributed by atoms with E-state index >= 15 is 0 Å². The average molecular weight is 259 g/mol. The first-order valence-electron chi connectivity index (χ1n) is 3.59. The molecule has 0 aliphatic heterocycles. The van der Waals surface area contributed by atoms with E-state index in [1.807, 2.05) is 0 Å². The van der Waals surface area contributed by atoms with Crippen LogP contribution >= 0.6 is 0 Å². The summed E-state index contributed by atoms with van der Waals surface area (Å²) < 4.78 is 0. The molecule has 1 N–H and O–H groups in total. The summed E-state index contributed by atoms with van der Waals surface area (Å²) in [6.45, 7) is 4.07. The third kappa shape index (κ3) is 5.94. The molecular formula is C8H12NO3Y-. The van der Waals surface area contributed by atoms with Gasteiger partial charge in [0.15, 0.2) is 11.6 Å². The zero-order valence-electron chi connectivity index (χ0n) is 7.96. The maximum atomic E-state index is 10.8. The van der Waals surface area contributed by atoms with Gasteiger partial charge in [0.2, 0.25) is 0 Å². The van der Waals surface area contributed by atoms with Crippen LogP contribution in [0.25, 0.3) is 0 Å². The van der Waals surface area contributed by atoms with Crippen LogP contribution in [0.5, 0.6) is 0 Å². The standard InChI is InChI=1S/C8H12NO3.Y/c1-4-7(12)9-8(5(2)10)6(3)11;/h4,8H,1-3H3,(H,9,12);/q-1;. The molecule has 0 aliphatic carbocycles. The quantitative estimate of drug-likeness (QED) is 0.565. The molecule has 0 aromatic rings. The zero-order chi connectivity index (χ0) is 9.72. The molecule has 0 rings (SSSR count). The molecule has 5 heteroatoms. The molecule has 0 unspecified atom stereocenters. The van der Waals surface area contributed by atoms with Gasteiger partial charge in [-0.15, -0.1) is 0 Å². The predicted octanol–water partition coefficient (Wildman–Crippen LogP) is -0.129. The van der Waals surface area contributed by atoms with Crippen molar-refractivity contribution in [3.63, 3.8) is 0 Å². The van der Waals surface area contributed by atoms with Gasteiger partial charge in [0.1, 0.15) is 6.04 Å². The maximum Gasteiger partial charge on any atom is 0.159 e. The normalized spacial score (nSPS) is 8.62. The van der Waals surface area contributed by atoms with Crippen molar-refractivity contribution in [2.75, 3.05) is 0 Å². The van der Waals surface area contributed by atoms with Crippen LogP contribution in [0.15, 0.2) is 0 Å². The molecule has 4 nitrogen and oxygen atoms in total. The van der Waals surface area contributed by atoms with Gasteiger partial charge in [-0.2, -0.15) is 6.92 Å². The summed E-state index contributed by atoms with van der Waals surface area (Å²) in [6, 6.07) is -0.992. The fourth-order valence-corrected chi connectivity index (χ4v) is 0.715. The monoisotopic (exact) mass is 259 g/mol. The van der Waals surface area contributed by atoms with Crippen LogP contribution in [0, 0.1) is 6.42 Å². The molecule has 0 bridgehead atoms. The molecule has 1 radical (unpaired) electrons. The second-order valence-corrected chi connectivity index (χ2v) is 2.45. The van der Waals surface area contributed by atoms with Crippen LogP contribution in [0.4, 0.5) is 0 Å². The first kappa shape index (κ1) is 15.3. The van der Waals surface area contributed by atoms with Crippen LogP contribution in [-0.2, 0) is 47.1 Å². The molecule has 1 amide bonds. The molecule has 13 heavy (non-hydrogen) atoms. The Morgan fingerprint density at radius 1 is 1.15 bits per heavy atom. The number of hydrogen-bond donors (Lipinski definition) is 1. The number of Topliss-reactive ketones (excluding diaryl/α,β-unsaturated/α-hetero) is 2. The molecule has 71 valence electrons. The summed E-state index contributed by atoms with van der Waals surface area (Å²) in [6.07, 6.45) is 1.26. The molecule has 0 heterocycles. The summed E-state index contributed by atoms with van der Waals surface area (Å²) in [5, 5.41) is 2.27. The summed E-state index contributed by atoms with van der Waals surface area (Å²) in [5.74, 6) is -1.11. The van der Waals surface area contributed by atoms with Crippen molar-refractivity contribution in [1.29, 1.82) is 0 Å². The van der Waals surface area contributed by atoms with Crippen molar-refractivity contribution in [3.8, 4) is 0 Å². The van der Waals surface area contributed by atoms with Crippen molar-refractivity contribution in [2.24, 2.45) is 0 Å². The minimum Gasteiger partial charge on any atom is -0.365 e. The average Bonchev–Trinajstić information content (AvgIpc) is 1.98. The summed E-state index contributed by atoms with van der Waals surface area (Å²) >= 11 is 0. The van der Waals surface area contributed by atoms with Gasteiger partial charge < -0.3 is 16.5 Å². The number of carbonyl (C=O) groups is 3. The van der Waals surface area contributed by atoms with Crippen LogP contribution in [0.1, 0.15) is 20.8 Å². The van der Waals surface area contributed by atoms with Gasteiger partial charge in [-0.25, -0.2) is 0 Å². The third-order valence-corrected chi connectivity index (χ3v) is 1.36. The first-order chi connectivity index (χ1) is 5.49. The van der Waals surface area contributed by atoms with E-state index in [4.69, 9.17) is 0 Å². The maximum absolute atomic E-state index is 10.8. The van der Waals surface area contributed by atoms with E-state index in [1.54, 1.807) is 0 Å². The van der Waals surface area contributed by atoms with E-state index in [-0.39, 0.29) is 44.3 Å². The number of carbonyl (C=O) groups excluding carboxylic acids is 3. The van der Waals surface area contributed by atoms with E-state index in [0.717, 1.165) is 0 Å².